The summed E-state index contributed by atoms with van der Waals surface area (Å²) in [5.41, 5.74) is 3.42. The standard InChI is InChI=1S/C16H19N3/c1-2-4-13(5-3-1)12-17-15-8-6-14(7-9-15)16-10-11-18-19-16/h1-2,6-11,13,17H,3-5,12H2,(H,18,19). The number of hydrogen-bond acceptors (Lipinski definition) is 2. The summed E-state index contributed by atoms with van der Waals surface area (Å²) >= 11 is 0. The van der Waals surface area contributed by atoms with Crippen LogP contribution in [0, 0.1) is 5.92 Å². The first kappa shape index (κ1) is 12.0. The van der Waals surface area contributed by atoms with Gasteiger partial charge in [-0.1, -0.05) is 24.3 Å². The van der Waals surface area contributed by atoms with E-state index < -0.39 is 0 Å². The van der Waals surface area contributed by atoms with E-state index in [1.54, 1.807) is 6.20 Å². The van der Waals surface area contributed by atoms with Crippen molar-refractivity contribution < 1.29 is 0 Å². The minimum Gasteiger partial charge on any atom is -0.385 e. The van der Waals surface area contributed by atoms with Crippen LogP contribution in [-0.2, 0) is 0 Å². The van der Waals surface area contributed by atoms with Crippen molar-refractivity contribution in [3.05, 3.63) is 48.7 Å². The Morgan fingerprint density at radius 2 is 2.05 bits per heavy atom. The molecule has 2 N–H and O–H groups in total. The number of nitrogens with one attached hydrogen (secondary N) is 2. The fourth-order valence-electron chi connectivity index (χ4n) is 2.49. The molecular weight excluding hydrogens is 234 g/mol. The maximum absolute atomic E-state index is 3.97. The molecule has 1 aliphatic rings. The third-order valence-corrected chi connectivity index (χ3v) is 3.67. The normalized spacial score (nSPS) is 18.4. The quantitative estimate of drug-likeness (QED) is 0.813. The maximum Gasteiger partial charge on any atom is 0.0650 e. The minimum atomic E-state index is 0.775. The average molecular weight is 253 g/mol. The van der Waals surface area contributed by atoms with Gasteiger partial charge in [-0.15, -0.1) is 0 Å². The van der Waals surface area contributed by atoms with Crippen LogP contribution in [-0.4, -0.2) is 16.7 Å². The Hall–Kier alpha value is -2.03. The second-order valence-electron chi connectivity index (χ2n) is 5.08. The van der Waals surface area contributed by atoms with Gasteiger partial charge >= 0.3 is 0 Å². The molecule has 0 aliphatic heterocycles. The van der Waals surface area contributed by atoms with Crippen molar-refractivity contribution in [2.75, 3.05) is 11.9 Å². The Morgan fingerprint density at radius 3 is 2.74 bits per heavy atom. The summed E-state index contributed by atoms with van der Waals surface area (Å²) in [4.78, 5) is 0. The number of benzene rings is 1. The molecule has 1 unspecified atom stereocenters. The molecule has 1 aliphatic carbocycles. The van der Waals surface area contributed by atoms with E-state index in [4.69, 9.17) is 0 Å². The third kappa shape index (κ3) is 3.05. The highest BCUT2D eigenvalue weighted by atomic mass is 15.1. The van der Waals surface area contributed by atoms with Gasteiger partial charge in [0.25, 0.3) is 0 Å². The van der Waals surface area contributed by atoms with Crippen LogP contribution in [0.3, 0.4) is 0 Å². The number of anilines is 1. The number of allylic oxidation sites excluding steroid dienone is 2. The first-order chi connectivity index (χ1) is 9.42. The molecule has 0 saturated heterocycles. The molecule has 98 valence electrons. The second kappa shape index (κ2) is 5.74. The van der Waals surface area contributed by atoms with Crippen molar-refractivity contribution in [3.63, 3.8) is 0 Å². The van der Waals surface area contributed by atoms with E-state index in [-0.39, 0.29) is 0 Å². The van der Waals surface area contributed by atoms with Crippen molar-refractivity contribution in [1.82, 2.24) is 10.2 Å². The summed E-state index contributed by atoms with van der Waals surface area (Å²) in [5.74, 6) is 0.775. The van der Waals surface area contributed by atoms with E-state index in [2.05, 4.69) is 51.9 Å². The smallest absolute Gasteiger partial charge is 0.0650 e. The summed E-state index contributed by atoms with van der Waals surface area (Å²) in [7, 11) is 0. The highest BCUT2D eigenvalue weighted by Gasteiger charge is 2.09. The van der Waals surface area contributed by atoms with Gasteiger partial charge in [-0.3, -0.25) is 5.10 Å². The van der Waals surface area contributed by atoms with Crippen LogP contribution in [0.15, 0.2) is 48.7 Å². The molecule has 3 heteroatoms. The van der Waals surface area contributed by atoms with Gasteiger partial charge in [0, 0.05) is 18.4 Å². The molecular formula is C16H19N3. The van der Waals surface area contributed by atoms with Gasteiger partial charge in [0.2, 0.25) is 0 Å². The first-order valence-corrected chi connectivity index (χ1v) is 6.90. The predicted molar refractivity (Wildman–Crippen MR) is 79.0 cm³/mol. The van der Waals surface area contributed by atoms with Gasteiger partial charge in [-0.25, -0.2) is 0 Å². The number of aromatic amines is 1. The number of nitrogens with zero attached hydrogens (tertiary/aromatic N) is 1. The lowest BCUT2D eigenvalue weighted by Gasteiger charge is -2.18. The Bertz CT molecular complexity index is 526. The van der Waals surface area contributed by atoms with Gasteiger partial charge in [0.1, 0.15) is 0 Å². The van der Waals surface area contributed by atoms with Crippen molar-refractivity contribution in [2.24, 2.45) is 5.92 Å². The molecule has 0 amide bonds. The SMILES string of the molecule is C1=CCC(CNc2ccc(-c3ccn[nH]3)cc2)CC1. The predicted octanol–water partition coefficient (Wildman–Crippen LogP) is 3.84. The van der Waals surface area contributed by atoms with Crippen molar-refractivity contribution in [1.29, 1.82) is 0 Å². The molecule has 2 aromatic rings. The van der Waals surface area contributed by atoms with Gasteiger partial charge in [-0.05, 0) is 48.9 Å². The van der Waals surface area contributed by atoms with E-state index in [1.807, 2.05) is 6.07 Å². The molecule has 0 spiro atoms. The van der Waals surface area contributed by atoms with Crippen LogP contribution < -0.4 is 5.32 Å². The molecule has 3 nitrogen and oxygen atoms in total. The lowest BCUT2D eigenvalue weighted by molar-refractivity contribution is 0.504. The molecule has 0 radical (unpaired) electrons. The zero-order valence-electron chi connectivity index (χ0n) is 11.0. The van der Waals surface area contributed by atoms with Gasteiger partial charge < -0.3 is 5.32 Å². The van der Waals surface area contributed by atoms with Crippen LogP contribution in [0.2, 0.25) is 0 Å². The van der Waals surface area contributed by atoms with Crippen LogP contribution >= 0.6 is 0 Å². The molecule has 0 bridgehead atoms. The van der Waals surface area contributed by atoms with Crippen molar-refractivity contribution in [2.45, 2.75) is 19.3 Å². The van der Waals surface area contributed by atoms with E-state index in [0.717, 1.165) is 18.2 Å². The van der Waals surface area contributed by atoms with Gasteiger partial charge in [0.05, 0.1) is 5.69 Å². The molecule has 0 fully saturated rings. The highest BCUT2D eigenvalue weighted by molar-refractivity contribution is 5.62. The van der Waals surface area contributed by atoms with Crippen LogP contribution in [0.1, 0.15) is 19.3 Å². The van der Waals surface area contributed by atoms with E-state index in [9.17, 15) is 0 Å². The molecule has 0 saturated carbocycles. The Morgan fingerprint density at radius 1 is 1.16 bits per heavy atom. The van der Waals surface area contributed by atoms with E-state index >= 15 is 0 Å². The summed E-state index contributed by atoms with van der Waals surface area (Å²) in [5, 5.41) is 10.5. The number of aromatic nitrogens is 2. The summed E-state index contributed by atoms with van der Waals surface area (Å²) in [6, 6.07) is 10.5. The number of rotatable bonds is 4. The topological polar surface area (TPSA) is 40.7 Å². The zero-order valence-corrected chi connectivity index (χ0v) is 11.0. The summed E-state index contributed by atoms with van der Waals surface area (Å²) in [6.45, 7) is 1.06. The zero-order chi connectivity index (χ0) is 12.9. The molecule has 1 aromatic heterocycles. The van der Waals surface area contributed by atoms with Crippen molar-refractivity contribution in [3.8, 4) is 11.3 Å². The largest absolute Gasteiger partial charge is 0.385 e. The minimum absolute atomic E-state index is 0.775. The van der Waals surface area contributed by atoms with Crippen LogP contribution in [0.5, 0.6) is 0 Å². The van der Waals surface area contributed by atoms with Crippen LogP contribution in [0.4, 0.5) is 5.69 Å². The lowest BCUT2D eigenvalue weighted by atomic mass is 9.94. The van der Waals surface area contributed by atoms with Crippen LogP contribution in [0.25, 0.3) is 11.3 Å². The van der Waals surface area contributed by atoms with Gasteiger partial charge in [0.15, 0.2) is 0 Å². The maximum atomic E-state index is 3.97. The third-order valence-electron chi connectivity index (χ3n) is 3.67. The highest BCUT2D eigenvalue weighted by Crippen LogP contribution is 2.21. The molecule has 1 heterocycles. The Labute approximate surface area is 113 Å². The molecule has 3 rings (SSSR count). The Kier molecular flexibility index (Phi) is 3.63. The molecule has 19 heavy (non-hydrogen) atoms. The van der Waals surface area contributed by atoms with E-state index in [1.165, 1.54) is 30.5 Å². The second-order valence-corrected chi connectivity index (χ2v) is 5.08. The number of H-pyrrole nitrogens is 1. The summed E-state index contributed by atoms with van der Waals surface area (Å²) in [6.07, 6.45) is 10.1. The Balaban J connectivity index is 1.58. The molecule has 1 aromatic carbocycles. The fraction of sp³-hybridized carbons (Fsp3) is 0.312. The monoisotopic (exact) mass is 253 g/mol. The number of hydrogen-bond donors (Lipinski definition) is 2. The first-order valence-electron chi connectivity index (χ1n) is 6.90. The summed E-state index contributed by atoms with van der Waals surface area (Å²) < 4.78 is 0. The van der Waals surface area contributed by atoms with E-state index in [0.29, 0.717) is 0 Å². The van der Waals surface area contributed by atoms with Crippen molar-refractivity contribution >= 4 is 5.69 Å². The van der Waals surface area contributed by atoms with Gasteiger partial charge in [-0.2, -0.15) is 5.10 Å². The average Bonchev–Trinajstić information content (AvgIpc) is 3.01. The lowest BCUT2D eigenvalue weighted by Crippen LogP contribution is -2.15. The fourth-order valence-corrected chi connectivity index (χ4v) is 2.49. The molecule has 1 atom stereocenters.